The lowest BCUT2D eigenvalue weighted by atomic mass is 9.99. The second-order valence-electron chi connectivity index (χ2n) is 4.08. The summed E-state index contributed by atoms with van der Waals surface area (Å²) in [5.74, 6) is -3.25. The number of aldehydes is 1. The normalized spacial score (nSPS) is 10.3. The van der Waals surface area contributed by atoms with Crippen LogP contribution in [0.2, 0.25) is 0 Å². The van der Waals surface area contributed by atoms with Crippen molar-refractivity contribution in [1.29, 1.82) is 0 Å². The molecule has 0 saturated carbocycles. The molecule has 0 aliphatic heterocycles. The molecule has 102 valence electrons. The Kier molecular flexibility index (Phi) is 3.47. The summed E-state index contributed by atoms with van der Waals surface area (Å²) in [7, 11) is 0. The maximum Gasteiger partial charge on any atom is 0.335 e. The van der Waals surface area contributed by atoms with E-state index in [1.165, 1.54) is 18.2 Å². The van der Waals surface area contributed by atoms with Crippen LogP contribution < -0.4 is 5.73 Å². The third kappa shape index (κ3) is 2.35. The van der Waals surface area contributed by atoms with Gasteiger partial charge in [0.25, 0.3) is 0 Å². The van der Waals surface area contributed by atoms with E-state index in [0.717, 1.165) is 12.1 Å². The first-order valence-electron chi connectivity index (χ1n) is 5.51. The van der Waals surface area contributed by atoms with Gasteiger partial charge in [-0.2, -0.15) is 0 Å². The molecule has 0 aliphatic carbocycles. The maximum atomic E-state index is 13.6. The van der Waals surface area contributed by atoms with Crippen molar-refractivity contribution in [2.45, 2.75) is 0 Å². The molecule has 0 heterocycles. The first-order valence-corrected chi connectivity index (χ1v) is 5.51. The van der Waals surface area contributed by atoms with Crippen LogP contribution in [0.5, 0.6) is 0 Å². The lowest BCUT2D eigenvalue weighted by Gasteiger charge is -2.09. The van der Waals surface area contributed by atoms with Crippen molar-refractivity contribution in [2.24, 2.45) is 0 Å². The third-order valence-corrected chi connectivity index (χ3v) is 2.81. The van der Waals surface area contributed by atoms with Crippen LogP contribution in [-0.4, -0.2) is 17.4 Å². The number of nitrogen functional groups attached to an aromatic ring is 1. The van der Waals surface area contributed by atoms with Crippen LogP contribution in [0.4, 0.5) is 14.5 Å². The van der Waals surface area contributed by atoms with Crippen LogP contribution in [0.1, 0.15) is 20.7 Å². The molecule has 0 amide bonds. The van der Waals surface area contributed by atoms with Crippen LogP contribution in [0.15, 0.2) is 30.3 Å². The second kappa shape index (κ2) is 5.08. The molecule has 0 radical (unpaired) electrons. The number of nitrogens with two attached hydrogens (primary N) is 1. The Morgan fingerprint density at radius 2 is 1.75 bits per heavy atom. The monoisotopic (exact) mass is 277 g/mol. The average molecular weight is 277 g/mol. The SMILES string of the molecule is Nc1ccc(C(=O)O)cc1-c1cc(F)c(C=O)c(F)c1. The topological polar surface area (TPSA) is 80.4 Å². The molecule has 0 saturated heterocycles. The van der Waals surface area contributed by atoms with Crippen molar-refractivity contribution in [2.75, 3.05) is 5.73 Å². The summed E-state index contributed by atoms with van der Waals surface area (Å²) in [6, 6.07) is 5.70. The Bertz CT molecular complexity index is 691. The van der Waals surface area contributed by atoms with Crippen LogP contribution in [0, 0.1) is 11.6 Å². The van der Waals surface area contributed by atoms with E-state index >= 15 is 0 Å². The highest BCUT2D eigenvalue weighted by atomic mass is 19.1. The molecular formula is C14H9F2NO3. The summed E-state index contributed by atoms with van der Waals surface area (Å²) in [4.78, 5) is 21.4. The summed E-state index contributed by atoms with van der Waals surface area (Å²) < 4.78 is 27.1. The molecule has 0 fully saturated rings. The predicted molar refractivity (Wildman–Crippen MR) is 68.6 cm³/mol. The number of benzene rings is 2. The predicted octanol–water partition coefficient (Wildman–Crippen LogP) is 2.72. The molecule has 2 aromatic carbocycles. The first-order chi connectivity index (χ1) is 9.43. The molecule has 0 unspecified atom stereocenters. The van der Waals surface area contributed by atoms with E-state index in [4.69, 9.17) is 10.8 Å². The molecule has 6 heteroatoms. The highest BCUT2D eigenvalue weighted by molar-refractivity contribution is 5.92. The quantitative estimate of drug-likeness (QED) is 0.667. The Labute approximate surface area is 112 Å². The molecule has 2 rings (SSSR count). The van der Waals surface area contributed by atoms with Crippen molar-refractivity contribution >= 4 is 17.9 Å². The van der Waals surface area contributed by atoms with Crippen LogP contribution in [-0.2, 0) is 0 Å². The van der Waals surface area contributed by atoms with Gasteiger partial charge in [-0.15, -0.1) is 0 Å². The van der Waals surface area contributed by atoms with Crippen LogP contribution >= 0.6 is 0 Å². The Morgan fingerprint density at radius 1 is 1.15 bits per heavy atom. The van der Waals surface area contributed by atoms with Gasteiger partial charge in [-0.3, -0.25) is 4.79 Å². The van der Waals surface area contributed by atoms with Gasteiger partial charge in [-0.25, -0.2) is 13.6 Å². The zero-order chi connectivity index (χ0) is 14.9. The fourth-order valence-corrected chi connectivity index (χ4v) is 1.79. The van der Waals surface area contributed by atoms with E-state index in [-0.39, 0.29) is 28.7 Å². The van der Waals surface area contributed by atoms with Crippen molar-refractivity contribution < 1.29 is 23.5 Å². The largest absolute Gasteiger partial charge is 0.478 e. The van der Waals surface area contributed by atoms with E-state index in [9.17, 15) is 18.4 Å². The van der Waals surface area contributed by atoms with Crippen molar-refractivity contribution in [3.8, 4) is 11.1 Å². The number of carboxylic acids is 1. The van der Waals surface area contributed by atoms with Crippen LogP contribution in [0.3, 0.4) is 0 Å². The van der Waals surface area contributed by atoms with Gasteiger partial charge in [0.15, 0.2) is 6.29 Å². The number of anilines is 1. The number of hydrogen-bond donors (Lipinski definition) is 2. The molecule has 2 aromatic rings. The summed E-state index contributed by atoms with van der Waals surface area (Å²) >= 11 is 0. The first kappa shape index (κ1) is 13.7. The number of carbonyl (C=O) groups is 2. The smallest absolute Gasteiger partial charge is 0.335 e. The summed E-state index contributed by atoms with van der Waals surface area (Å²) in [6.45, 7) is 0. The lowest BCUT2D eigenvalue weighted by molar-refractivity contribution is 0.0697. The van der Waals surface area contributed by atoms with Gasteiger partial charge in [-0.05, 0) is 35.9 Å². The van der Waals surface area contributed by atoms with Gasteiger partial charge in [0.1, 0.15) is 11.6 Å². The van der Waals surface area contributed by atoms with Gasteiger partial charge >= 0.3 is 5.97 Å². The Hall–Kier alpha value is -2.76. The highest BCUT2D eigenvalue weighted by Gasteiger charge is 2.14. The lowest BCUT2D eigenvalue weighted by Crippen LogP contribution is -2.00. The molecule has 0 aliphatic rings. The molecule has 3 N–H and O–H groups in total. The van der Waals surface area contributed by atoms with Crippen LogP contribution in [0.25, 0.3) is 11.1 Å². The molecule has 4 nitrogen and oxygen atoms in total. The van der Waals surface area contributed by atoms with E-state index in [2.05, 4.69) is 0 Å². The van der Waals surface area contributed by atoms with Crippen molar-refractivity contribution in [3.05, 3.63) is 53.1 Å². The fourth-order valence-electron chi connectivity index (χ4n) is 1.79. The van der Waals surface area contributed by atoms with Gasteiger partial charge in [0.05, 0.1) is 11.1 Å². The maximum absolute atomic E-state index is 13.6. The summed E-state index contributed by atoms with van der Waals surface area (Å²) in [5.41, 5.74) is 5.36. The molecule has 20 heavy (non-hydrogen) atoms. The third-order valence-electron chi connectivity index (χ3n) is 2.81. The standard InChI is InChI=1S/C14H9F2NO3/c15-11-4-8(5-12(16)10(11)6-18)9-3-7(14(19)20)1-2-13(9)17/h1-6H,17H2,(H,19,20). The number of rotatable bonds is 3. The van der Waals surface area contributed by atoms with E-state index < -0.39 is 23.2 Å². The van der Waals surface area contributed by atoms with E-state index in [1.54, 1.807) is 0 Å². The van der Waals surface area contributed by atoms with E-state index in [1.807, 2.05) is 0 Å². The molecule has 0 aromatic heterocycles. The summed E-state index contributed by atoms with van der Waals surface area (Å²) in [6.07, 6.45) is 0.0749. The Balaban J connectivity index is 2.65. The van der Waals surface area contributed by atoms with Gasteiger partial charge in [-0.1, -0.05) is 0 Å². The van der Waals surface area contributed by atoms with Gasteiger partial charge < -0.3 is 10.8 Å². The minimum absolute atomic E-state index is 0.0607. The number of halogens is 2. The number of aromatic carboxylic acids is 1. The fraction of sp³-hybridized carbons (Fsp3) is 0. The van der Waals surface area contributed by atoms with Gasteiger partial charge in [0.2, 0.25) is 0 Å². The molecule has 0 spiro atoms. The minimum atomic E-state index is -1.18. The molecule has 0 bridgehead atoms. The van der Waals surface area contributed by atoms with Crippen molar-refractivity contribution in [3.63, 3.8) is 0 Å². The van der Waals surface area contributed by atoms with Crippen molar-refractivity contribution in [1.82, 2.24) is 0 Å². The number of carboxylic acid groups (broad SMARTS) is 1. The zero-order valence-electron chi connectivity index (χ0n) is 10.1. The number of carbonyl (C=O) groups excluding carboxylic acids is 1. The molecular weight excluding hydrogens is 268 g/mol. The number of hydrogen-bond acceptors (Lipinski definition) is 3. The zero-order valence-corrected chi connectivity index (χ0v) is 10.1. The second-order valence-corrected chi connectivity index (χ2v) is 4.08. The highest BCUT2D eigenvalue weighted by Crippen LogP contribution is 2.29. The average Bonchev–Trinajstić information content (AvgIpc) is 2.38. The minimum Gasteiger partial charge on any atom is -0.478 e. The van der Waals surface area contributed by atoms with E-state index in [0.29, 0.717) is 0 Å². The van der Waals surface area contributed by atoms with Gasteiger partial charge in [0, 0.05) is 11.3 Å². The summed E-state index contributed by atoms with van der Waals surface area (Å²) in [5, 5.41) is 8.90. The molecule has 0 atom stereocenters. The Morgan fingerprint density at radius 3 is 2.25 bits per heavy atom.